The van der Waals surface area contributed by atoms with Gasteiger partial charge in [0.1, 0.15) is 5.78 Å². The van der Waals surface area contributed by atoms with Crippen LogP contribution in [0.25, 0.3) is 0 Å². The van der Waals surface area contributed by atoms with Crippen LogP contribution in [-0.4, -0.2) is 11.7 Å². The SMILES string of the molecule is CC#CCCC(=O)CCCCl. The second-order valence-electron chi connectivity index (χ2n) is 2.26. The Morgan fingerprint density at radius 3 is 2.73 bits per heavy atom. The van der Waals surface area contributed by atoms with Crippen LogP contribution in [0.4, 0.5) is 0 Å². The molecule has 0 amide bonds. The van der Waals surface area contributed by atoms with Crippen molar-refractivity contribution >= 4 is 17.4 Å². The molecule has 11 heavy (non-hydrogen) atoms. The minimum Gasteiger partial charge on any atom is -0.300 e. The normalized spacial score (nSPS) is 8.55. The molecule has 0 saturated heterocycles. The van der Waals surface area contributed by atoms with Gasteiger partial charge in [-0.15, -0.1) is 23.4 Å². The van der Waals surface area contributed by atoms with Crippen LogP contribution in [0.3, 0.4) is 0 Å². The fourth-order valence-corrected chi connectivity index (χ4v) is 0.850. The van der Waals surface area contributed by atoms with Crippen molar-refractivity contribution in [2.75, 3.05) is 5.88 Å². The van der Waals surface area contributed by atoms with Gasteiger partial charge in [0.2, 0.25) is 0 Å². The molecule has 0 fully saturated rings. The highest BCUT2D eigenvalue weighted by Gasteiger charge is 1.98. The molecule has 0 N–H and O–H groups in total. The van der Waals surface area contributed by atoms with Crippen molar-refractivity contribution in [3.05, 3.63) is 0 Å². The lowest BCUT2D eigenvalue weighted by atomic mass is 10.1. The third-order valence-electron chi connectivity index (χ3n) is 1.29. The number of ketones is 1. The molecular weight excluding hydrogens is 160 g/mol. The number of hydrogen-bond donors (Lipinski definition) is 0. The Morgan fingerprint density at radius 1 is 1.45 bits per heavy atom. The summed E-state index contributed by atoms with van der Waals surface area (Å²) >= 11 is 5.43. The second-order valence-corrected chi connectivity index (χ2v) is 2.64. The van der Waals surface area contributed by atoms with Gasteiger partial charge >= 0.3 is 0 Å². The van der Waals surface area contributed by atoms with Crippen LogP contribution in [0, 0.1) is 11.8 Å². The summed E-state index contributed by atoms with van der Waals surface area (Å²) in [4.78, 5) is 11.0. The Hall–Kier alpha value is -0.480. The minimum absolute atomic E-state index is 0.272. The summed E-state index contributed by atoms with van der Waals surface area (Å²) in [5.74, 6) is 6.45. The second kappa shape index (κ2) is 7.63. The Bertz CT molecular complexity index is 164. The van der Waals surface area contributed by atoms with Crippen LogP contribution in [0.1, 0.15) is 32.6 Å². The van der Waals surface area contributed by atoms with Crippen LogP contribution in [0.15, 0.2) is 0 Å². The first-order valence-corrected chi connectivity index (χ1v) is 4.32. The van der Waals surface area contributed by atoms with Crippen molar-refractivity contribution in [1.29, 1.82) is 0 Å². The van der Waals surface area contributed by atoms with E-state index in [9.17, 15) is 4.79 Å². The summed E-state index contributed by atoms with van der Waals surface area (Å²) in [5, 5.41) is 0. The van der Waals surface area contributed by atoms with Gasteiger partial charge in [0.05, 0.1) is 0 Å². The van der Waals surface area contributed by atoms with Gasteiger partial charge in [0.25, 0.3) is 0 Å². The van der Waals surface area contributed by atoms with Gasteiger partial charge in [0, 0.05) is 25.1 Å². The molecule has 0 aromatic heterocycles. The van der Waals surface area contributed by atoms with Gasteiger partial charge in [-0.25, -0.2) is 0 Å². The molecule has 0 aliphatic carbocycles. The molecule has 0 aliphatic heterocycles. The van der Waals surface area contributed by atoms with Crippen LogP contribution in [0.2, 0.25) is 0 Å². The van der Waals surface area contributed by atoms with Gasteiger partial charge in [-0.1, -0.05) is 0 Å². The standard InChI is InChI=1S/C9H13ClO/c1-2-3-4-6-9(11)7-5-8-10/h4-8H2,1H3. The fourth-order valence-electron chi connectivity index (χ4n) is 0.716. The molecule has 0 aromatic carbocycles. The highest BCUT2D eigenvalue weighted by Crippen LogP contribution is 1.98. The summed E-state index contributed by atoms with van der Waals surface area (Å²) in [7, 11) is 0. The van der Waals surface area contributed by atoms with E-state index < -0.39 is 0 Å². The Labute approximate surface area is 73.1 Å². The van der Waals surface area contributed by atoms with Crippen molar-refractivity contribution in [3.63, 3.8) is 0 Å². The number of alkyl halides is 1. The van der Waals surface area contributed by atoms with E-state index in [2.05, 4.69) is 11.8 Å². The predicted octanol–water partition coefficient (Wildman–Crippen LogP) is 2.38. The molecule has 0 bridgehead atoms. The van der Waals surface area contributed by atoms with Crippen LogP contribution < -0.4 is 0 Å². The number of Topliss-reactive ketones (excluding diaryl/α,β-unsaturated/α-hetero) is 1. The maximum atomic E-state index is 11.0. The number of halogens is 1. The molecule has 0 atom stereocenters. The highest BCUT2D eigenvalue weighted by molar-refractivity contribution is 6.17. The summed E-state index contributed by atoms with van der Waals surface area (Å²) in [5.41, 5.74) is 0. The summed E-state index contributed by atoms with van der Waals surface area (Å²) < 4.78 is 0. The maximum Gasteiger partial charge on any atom is 0.133 e. The lowest BCUT2D eigenvalue weighted by molar-refractivity contribution is -0.118. The summed E-state index contributed by atoms with van der Waals surface area (Å²) in [6.07, 6.45) is 2.67. The third kappa shape index (κ3) is 7.42. The van der Waals surface area contributed by atoms with Crippen molar-refractivity contribution in [3.8, 4) is 11.8 Å². The predicted molar refractivity (Wildman–Crippen MR) is 47.6 cm³/mol. The van der Waals surface area contributed by atoms with Crippen LogP contribution in [0.5, 0.6) is 0 Å². The molecule has 62 valence electrons. The van der Waals surface area contributed by atoms with Gasteiger partial charge in [-0.2, -0.15) is 0 Å². The van der Waals surface area contributed by atoms with E-state index in [-0.39, 0.29) is 5.78 Å². The Kier molecular flexibility index (Phi) is 7.29. The van der Waals surface area contributed by atoms with Gasteiger partial charge < -0.3 is 0 Å². The van der Waals surface area contributed by atoms with E-state index in [0.717, 1.165) is 6.42 Å². The zero-order valence-electron chi connectivity index (χ0n) is 6.82. The molecule has 0 aliphatic rings. The number of hydrogen-bond acceptors (Lipinski definition) is 1. The molecule has 0 rings (SSSR count). The highest BCUT2D eigenvalue weighted by atomic mass is 35.5. The average Bonchev–Trinajstić information content (AvgIpc) is 2.01. The van der Waals surface area contributed by atoms with Crippen molar-refractivity contribution in [1.82, 2.24) is 0 Å². The lowest BCUT2D eigenvalue weighted by Crippen LogP contribution is -1.96. The van der Waals surface area contributed by atoms with Crippen molar-refractivity contribution in [2.24, 2.45) is 0 Å². The zero-order valence-corrected chi connectivity index (χ0v) is 7.58. The molecular formula is C9H13ClO. The first-order valence-electron chi connectivity index (χ1n) is 3.78. The summed E-state index contributed by atoms with van der Waals surface area (Å²) in [6, 6.07) is 0. The summed E-state index contributed by atoms with van der Waals surface area (Å²) in [6.45, 7) is 1.78. The van der Waals surface area contributed by atoms with Crippen LogP contribution >= 0.6 is 11.6 Å². The topological polar surface area (TPSA) is 17.1 Å². The van der Waals surface area contributed by atoms with Crippen LogP contribution in [-0.2, 0) is 4.79 Å². The molecule has 0 heterocycles. The molecule has 0 unspecified atom stereocenters. The maximum absolute atomic E-state index is 11.0. The van der Waals surface area contributed by atoms with E-state index in [1.54, 1.807) is 6.92 Å². The molecule has 0 saturated carbocycles. The molecule has 1 nitrogen and oxygen atoms in total. The Morgan fingerprint density at radius 2 is 2.18 bits per heavy atom. The molecule has 2 heteroatoms. The first-order chi connectivity index (χ1) is 5.31. The fraction of sp³-hybridized carbons (Fsp3) is 0.667. The third-order valence-corrected chi connectivity index (χ3v) is 1.56. The van der Waals surface area contributed by atoms with E-state index in [0.29, 0.717) is 25.1 Å². The average molecular weight is 173 g/mol. The number of carbonyl (C=O) groups is 1. The van der Waals surface area contributed by atoms with Gasteiger partial charge in [-0.3, -0.25) is 4.79 Å². The van der Waals surface area contributed by atoms with E-state index in [1.165, 1.54) is 0 Å². The van der Waals surface area contributed by atoms with E-state index in [4.69, 9.17) is 11.6 Å². The molecule has 0 radical (unpaired) electrons. The van der Waals surface area contributed by atoms with Gasteiger partial charge in [-0.05, 0) is 13.3 Å². The monoisotopic (exact) mass is 172 g/mol. The quantitative estimate of drug-likeness (QED) is 0.460. The zero-order chi connectivity index (χ0) is 8.53. The van der Waals surface area contributed by atoms with Crippen molar-refractivity contribution in [2.45, 2.75) is 32.6 Å². The minimum atomic E-state index is 0.272. The molecule has 0 spiro atoms. The van der Waals surface area contributed by atoms with Crippen molar-refractivity contribution < 1.29 is 4.79 Å². The lowest BCUT2D eigenvalue weighted by Gasteiger charge is -1.93. The Balaban J connectivity index is 3.27. The smallest absolute Gasteiger partial charge is 0.133 e. The molecule has 0 aromatic rings. The first kappa shape index (κ1) is 10.5. The van der Waals surface area contributed by atoms with E-state index in [1.807, 2.05) is 0 Å². The number of rotatable bonds is 5. The van der Waals surface area contributed by atoms with E-state index >= 15 is 0 Å². The largest absolute Gasteiger partial charge is 0.300 e. The van der Waals surface area contributed by atoms with Gasteiger partial charge in [0.15, 0.2) is 0 Å². The number of carbonyl (C=O) groups excluding carboxylic acids is 1.